The van der Waals surface area contributed by atoms with E-state index in [0.717, 1.165) is 4.47 Å². The number of rotatable bonds is 0. The molecule has 0 fully saturated rings. The van der Waals surface area contributed by atoms with Crippen LogP contribution in [0, 0.1) is 0 Å². The van der Waals surface area contributed by atoms with E-state index in [0.29, 0.717) is 0 Å². The van der Waals surface area contributed by atoms with Crippen molar-refractivity contribution in [1.29, 1.82) is 0 Å². The van der Waals surface area contributed by atoms with Crippen LogP contribution in [0.3, 0.4) is 0 Å². The lowest BCUT2D eigenvalue weighted by molar-refractivity contribution is 0.795. The van der Waals surface area contributed by atoms with E-state index in [9.17, 15) is 0 Å². The highest BCUT2D eigenvalue weighted by Crippen LogP contribution is 2.63. The van der Waals surface area contributed by atoms with Crippen LogP contribution in [-0.4, -0.2) is 0 Å². The lowest BCUT2D eigenvalue weighted by Crippen LogP contribution is -2.25. The topological polar surface area (TPSA) is 0 Å². The zero-order valence-electron chi connectivity index (χ0n) is 20.5. The van der Waals surface area contributed by atoms with E-state index >= 15 is 0 Å². The molecule has 0 nitrogen and oxygen atoms in total. The summed E-state index contributed by atoms with van der Waals surface area (Å²) in [5, 5.41) is 7.90. The molecule has 0 saturated carbocycles. The van der Waals surface area contributed by atoms with Crippen molar-refractivity contribution in [3.05, 3.63) is 154 Å². The highest BCUT2D eigenvalue weighted by Gasteiger charge is 2.51. The molecule has 0 bridgehead atoms. The summed E-state index contributed by atoms with van der Waals surface area (Å²) in [4.78, 5) is 0. The molecule has 0 N–H and O–H groups in total. The third kappa shape index (κ3) is 2.37. The predicted molar refractivity (Wildman–Crippen MR) is 163 cm³/mol. The second-order valence-corrected chi connectivity index (χ2v) is 11.5. The SMILES string of the molecule is Brc1ccc2c(c1)-c1cc3c4ccccc4c4ccccc4c3cc1C21c2ccccc2-c2ccccc21. The quantitative estimate of drug-likeness (QED) is 0.166. The molecule has 7 aromatic carbocycles. The molecule has 0 radical (unpaired) electrons. The highest BCUT2D eigenvalue weighted by molar-refractivity contribution is 9.10. The summed E-state index contributed by atoms with van der Waals surface area (Å²) in [5.41, 5.74) is 10.5. The minimum atomic E-state index is -0.334. The summed E-state index contributed by atoms with van der Waals surface area (Å²) in [6, 6.07) is 47.7. The molecule has 0 aromatic heterocycles. The molecule has 9 rings (SSSR count). The second kappa shape index (κ2) is 7.22. The predicted octanol–water partition coefficient (Wildman–Crippen LogP) is 10.3. The van der Waals surface area contributed by atoms with Gasteiger partial charge < -0.3 is 0 Å². The van der Waals surface area contributed by atoms with Crippen molar-refractivity contribution in [3.63, 3.8) is 0 Å². The third-order valence-corrected chi connectivity index (χ3v) is 9.41. The van der Waals surface area contributed by atoms with Crippen LogP contribution in [0.2, 0.25) is 0 Å². The number of hydrogen-bond donors (Lipinski definition) is 0. The van der Waals surface area contributed by atoms with Gasteiger partial charge in [-0.2, -0.15) is 0 Å². The summed E-state index contributed by atoms with van der Waals surface area (Å²) >= 11 is 3.80. The van der Waals surface area contributed by atoms with Crippen molar-refractivity contribution >= 4 is 48.2 Å². The largest absolute Gasteiger partial charge is 0.0725 e. The number of hydrogen-bond acceptors (Lipinski definition) is 0. The standard InChI is InChI=1S/C37H21Br/c38-22-17-18-35-31(19-22)32-20-29-25-11-3-1-9-23(25)24-10-2-4-12-26(24)30(29)21-36(32)37(35)33-15-7-5-13-27(33)28-14-6-8-16-34(28)37/h1-21H. The minimum Gasteiger partial charge on any atom is -0.0619 e. The zero-order valence-corrected chi connectivity index (χ0v) is 22.1. The van der Waals surface area contributed by atoms with Crippen LogP contribution in [0.1, 0.15) is 22.3 Å². The smallest absolute Gasteiger partial charge is 0.0619 e. The van der Waals surface area contributed by atoms with Crippen molar-refractivity contribution in [1.82, 2.24) is 0 Å². The molecule has 0 aliphatic heterocycles. The molecule has 176 valence electrons. The molecule has 2 aliphatic carbocycles. The Hall–Kier alpha value is -4.20. The van der Waals surface area contributed by atoms with Crippen LogP contribution in [0.25, 0.3) is 54.6 Å². The van der Waals surface area contributed by atoms with Crippen molar-refractivity contribution in [2.75, 3.05) is 0 Å². The van der Waals surface area contributed by atoms with Gasteiger partial charge in [-0.15, -0.1) is 0 Å². The second-order valence-electron chi connectivity index (χ2n) is 10.6. The highest BCUT2D eigenvalue weighted by atomic mass is 79.9. The van der Waals surface area contributed by atoms with Crippen molar-refractivity contribution in [2.24, 2.45) is 0 Å². The molecule has 0 unspecified atom stereocenters. The van der Waals surface area contributed by atoms with E-state index in [1.165, 1.54) is 76.8 Å². The Kier molecular flexibility index (Phi) is 3.95. The Morgan fingerprint density at radius 1 is 0.342 bits per heavy atom. The van der Waals surface area contributed by atoms with E-state index < -0.39 is 0 Å². The maximum Gasteiger partial charge on any atom is 0.0725 e. The maximum absolute atomic E-state index is 3.80. The molecule has 1 spiro atoms. The first-order chi connectivity index (χ1) is 18.8. The molecule has 0 saturated heterocycles. The van der Waals surface area contributed by atoms with Crippen molar-refractivity contribution in [2.45, 2.75) is 5.41 Å². The van der Waals surface area contributed by atoms with E-state index in [4.69, 9.17) is 0 Å². The molecule has 1 heteroatoms. The summed E-state index contributed by atoms with van der Waals surface area (Å²) in [7, 11) is 0. The van der Waals surface area contributed by atoms with Crippen LogP contribution in [0.5, 0.6) is 0 Å². The van der Waals surface area contributed by atoms with Crippen LogP contribution in [-0.2, 0) is 5.41 Å². The van der Waals surface area contributed by atoms with Gasteiger partial charge in [0.15, 0.2) is 0 Å². The first kappa shape index (κ1) is 20.8. The maximum atomic E-state index is 3.80. The number of benzene rings is 7. The van der Waals surface area contributed by atoms with Gasteiger partial charge in [-0.1, -0.05) is 119 Å². The van der Waals surface area contributed by atoms with E-state index in [2.05, 4.69) is 143 Å². The van der Waals surface area contributed by atoms with Crippen molar-refractivity contribution in [3.8, 4) is 22.3 Å². The zero-order chi connectivity index (χ0) is 25.0. The fraction of sp³-hybridized carbons (Fsp3) is 0.0270. The average Bonchev–Trinajstić information content (AvgIpc) is 3.43. The first-order valence-corrected chi connectivity index (χ1v) is 13.9. The molecule has 38 heavy (non-hydrogen) atoms. The Morgan fingerprint density at radius 2 is 0.789 bits per heavy atom. The molecular weight excluding hydrogens is 524 g/mol. The number of fused-ring (bicyclic) bond motifs is 16. The number of halogens is 1. The molecule has 7 aromatic rings. The summed E-state index contributed by atoms with van der Waals surface area (Å²) in [5.74, 6) is 0. The summed E-state index contributed by atoms with van der Waals surface area (Å²) in [6.45, 7) is 0. The average molecular weight is 545 g/mol. The van der Waals surface area contributed by atoms with Crippen LogP contribution < -0.4 is 0 Å². The van der Waals surface area contributed by atoms with Gasteiger partial charge in [0.05, 0.1) is 5.41 Å². The lowest BCUT2D eigenvalue weighted by Gasteiger charge is -2.30. The fourth-order valence-corrected chi connectivity index (χ4v) is 7.87. The van der Waals surface area contributed by atoms with Gasteiger partial charge in [-0.25, -0.2) is 0 Å². The van der Waals surface area contributed by atoms with Crippen LogP contribution in [0.15, 0.2) is 132 Å². The van der Waals surface area contributed by atoms with Gasteiger partial charge in [-0.05, 0) is 101 Å². The monoisotopic (exact) mass is 544 g/mol. The Balaban J connectivity index is 1.54. The lowest BCUT2D eigenvalue weighted by atomic mass is 9.70. The molecular formula is C37H21Br. The Morgan fingerprint density at radius 3 is 1.39 bits per heavy atom. The van der Waals surface area contributed by atoms with Gasteiger partial charge in [-0.3, -0.25) is 0 Å². The van der Waals surface area contributed by atoms with Gasteiger partial charge in [0.1, 0.15) is 0 Å². The Labute approximate surface area is 229 Å². The van der Waals surface area contributed by atoms with Gasteiger partial charge in [0.2, 0.25) is 0 Å². The third-order valence-electron chi connectivity index (χ3n) is 8.91. The molecule has 0 amide bonds. The van der Waals surface area contributed by atoms with Crippen LogP contribution >= 0.6 is 15.9 Å². The molecule has 0 heterocycles. The van der Waals surface area contributed by atoms with Gasteiger partial charge >= 0.3 is 0 Å². The Bertz CT molecular complexity index is 2100. The van der Waals surface area contributed by atoms with Gasteiger partial charge in [0.25, 0.3) is 0 Å². The molecule has 2 aliphatic rings. The van der Waals surface area contributed by atoms with E-state index in [-0.39, 0.29) is 5.41 Å². The van der Waals surface area contributed by atoms with Crippen molar-refractivity contribution < 1.29 is 0 Å². The molecule has 0 atom stereocenters. The fourth-order valence-electron chi connectivity index (χ4n) is 7.51. The van der Waals surface area contributed by atoms with Crippen LogP contribution in [0.4, 0.5) is 0 Å². The van der Waals surface area contributed by atoms with Gasteiger partial charge in [0, 0.05) is 4.47 Å². The van der Waals surface area contributed by atoms with E-state index in [1.54, 1.807) is 0 Å². The van der Waals surface area contributed by atoms with E-state index in [1.807, 2.05) is 0 Å². The summed E-state index contributed by atoms with van der Waals surface area (Å²) in [6.07, 6.45) is 0. The normalized spacial score (nSPS) is 14.1. The minimum absolute atomic E-state index is 0.334. The summed E-state index contributed by atoms with van der Waals surface area (Å²) < 4.78 is 1.11. The first-order valence-electron chi connectivity index (χ1n) is 13.1.